The van der Waals surface area contributed by atoms with E-state index in [-0.39, 0.29) is 0 Å². The molecule has 3 nitrogen and oxygen atoms in total. The van der Waals surface area contributed by atoms with E-state index in [2.05, 4.69) is 40.3 Å². The number of hydrogen-bond acceptors (Lipinski definition) is 3. The lowest BCUT2D eigenvalue weighted by Crippen LogP contribution is -2.16. The van der Waals surface area contributed by atoms with Crippen molar-refractivity contribution in [2.75, 3.05) is 13.7 Å². The molecule has 2 aromatic carbocycles. The Bertz CT molecular complexity index is 646. The SMILES string of the molecule is CCCCCCCNCc1c(Br)ccc(OC)c1OCc1ccccc1. The van der Waals surface area contributed by atoms with E-state index in [1.807, 2.05) is 30.3 Å². The van der Waals surface area contributed by atoms with E-state index in [1.165, 1.54) is 32.1 Å². The van der Waals surface area contributed by atoms with Crippen LogP contribution >= 0.6 is 15.9 Å². The van der Waals surface area contributed by atoms with Gasteiger partial charge in [0.2, 0.25) is 0 Å². The van der Waals surface area contributed by atoms with Crippen LogP contribution < -0.4 is 14.8 Å². The van der Waals surface area contributed by atoms with E-state index in [0.29, 0.717) is 6.61 Å². The summed E-state index contributed by atoms with van der Waals surface area (Å²) in [6.07, 6.45) is 6.44. The predicted octanol–water partition coefficient (Wildman–Crippen LogP) is 6.10. The first kappa shape index (κ1) is 20.8. The first-order valence-corrected chi connectivity index (χ1v) is 10.3. The second-order valence-corrected chi connectivity index (χ2v) is 7.28. The van der Waals surface area contributed by atoms with Gasteiger partial charge in [-0.1, -0.05) is 78.9 Å². The summed E-state index contributed by atoms with van der Waals surface area (Å²) in [4.78, 5) is 0. The molecule has 0 atom stereocenters. The van der Waals surface area contributed by atoms with Gasteiger partial charge >= 0.3 is 0 Å². The number of hydrogen-bond donors (Lipinski definition) is 1. The van der Waals surface area contributed by atoms with Gasteiger partial charge in [-0.2, -0.15) is 0 Å². The van der Waals surface area contributed by atoms with Crippen LogP contribution in [0.1, 0.15) is 50.2 Å². The summed E-state index contributed by atoms with van der Waals surface area (Å²) in [5.74, 6) is 1.58. The number of benzene rings is 2. The van der Waals surface area contributed by atoms with Crippen LogP contribution in [0.25, 0.3) is 0 Å². The minimum atomic E-state index is 0.525. The van der Waals surface area contributed by atoms with Crippen LogP contribution in [0.5, 0.6) is 11.5 Å². The Kier molecular flexibility index (Phi) is 9.57. The largest absolute Gasteiger partial charge is 0.493 e. The highest BCUT2D eigenvalue weighted by molar-refractivity contribution is 9.10. The van der Waals surface area contributed by atoms with Gasteiger partial charge < -0.3 is 14.8 Å². The Morgan fingerprint density at radius 2 is 1.73 bits per heavy atom. The Labute approximate surface area is 166 Å². The quantitative estimate of drug-likeness (QED) is 0.421. The molecule has 0 saturated carbocycles. The van der Waals surface area contributed by atoms with Crippen molar-refractivity contribution in [3.05, 3.63) is 58.1 Å². The van der Waals surface area contributed by atoms with E-state index in [9.17, 15) is 0 Å². The summed E-state index contributed by atoms with van der Waals surface area (Å²) >= 11 is 3.66. The second kappa shape index (κ2) is 12.0. The lowest BCUT2D eigenvalue weighted by atomic mass is 10.1. The topological polar surface area (TPSA) is 30.5 Å². The molecule has 4 heteroatoms. The Hall–Kier alpha value is -1.52. The maximum absolute atomic E-state index is 6.14. The highest BCUT2D eigenvalue weighted by Crippen LogP contribution is 2.36. The second-order valence-electron chi connectivity index (χ2n) is 6.42. The molecule has 0 unspecified atom stereocenters. The van der Waals surface area contributed by atoms with Crippen molar-refractivity contribution in [1.29, 1.82) is 0 Å². The molecule has 2 aromatic rings. The zero-order valence-electron chi connectivity index (χ0n) is 15.9. The average molecular weight is 420 g/mol. The van der Waals surface area contributed by atoms with Crippen LogP contribution in [-0.4, -0.2) is 13.7 Å². The molecule has 0 amide bonds. The lowest BCUT2D eigenvalue weighted by molar-refractivity contribution is 0.280. The van der Waals surface area contributed by atoms with Crippen LogP contribution in [0.3, 0.4) is 0 Å². The third kappa shape index (κ3) is 6.65. The number of ether oxygens (including phenoxy) is 2. The van der Waals surface area contributed by atoms with Gasteiger partial charge in [-0.15, -0.1) is 0 Å². The molecule has 1 N–H and O–H groups in total. The molecular weight excluding hydrogens is 390 g/mol. The minimum Gasteiger partial charge on any atom is -0.493 e. The number of nitrogens with one attached hydrogen (secondary N) is 1. The Morgan fingerprint density at radius 1 is 0.962 bits per heavy atom. The standard InChI is InChI=1S/C22H30BrNO2/c1-3-4-5-6-10-15-24-16-19-20(23)13-14-21(25-2)22(19)26-17-18-11-8-7-9-12-18/h7-9,11-14,24H,3-6,10,15-17H2,1-2H3. The molecule has 26 heavy (non-hydrogen) atoms. The summed E-state index contributed by atoms with van der Waals surface area (Å²) < 4.78 is 12.7. The average Bonchev–Trinajstić information content (AvgIpc) is 2.67. The summed E-state index contributed by atoms with van der Waals surface area (Å²) in [5.41, 5.74) is 2.25. The zero-order valence-corrected chi connectivity index (χ0v) is 17.5. The van der Waals surface area contributed by atoms with E-state index in [4.69, 9.17) is 9.47 Å². The van der Waals surface area contributed by atoms with Crippen LogP contribution in [0, 0.1) is 0 Å². The first-order valence-electron chi connectivity index (χ1n) is 9.49. The molecule has 0 aromatic heterocycles. The summed E-state index contributed by atoms with van der Waals surface area (Å²) in [6, 6.07) is 14.2. The van der Waals surface area contributed by atoms with Gasteiger partial charge in [0.1, 0.15) is 6.61 Å². The van der Waals surface area contributed by atoms with Gasteiger partial charge in [0.25, 0.3) is 0 Å². The number of methoxy groups -OCH3 is 1. The van der Waals surface area contributed by atoms with Crippen LogP contribution in [0.4, 0.5) is 0 Å². The number of unbranched alkanes of at least 4 members (excludes halogenated alkanes) is 4. The van der Waals surface area contributed by atoms with Crippen molar-refractivity contribution in [3.8, 4) is 11.5 Å². The fraction of sp³-hybridized carbons (Fsp3) is 0.455. The Balaban J connectivity index is 1.97. The van der Waals surface area contributed by atoms with Gasteiger partial charge in [-0.05, 0) is 30.7 Å². The van der Waals surface area contributed by atoms with E-state index < -0.39 is 0 Å². The highest BCUT2D eigenvalue weighted by Gasteiger charge is 2.14. The molecule has 0 radical (unpaired) electrons. The monoisotopic (exact) mass is 419 g/mol. The van der Waals surface area contributed by atoms with Crippen molar-refractivity contribution < 1.29 is 9.47 Å². The molecule has 0 spiro atoms. The van der Waals surface area contributed by atoms with Crippen molar-refractivity contribution >= 4 is 15.9 Å². The van der Waals surface area contributed by atoms with Crippen LogP contribution in [0.15, 0.2) is 46.9 Å². The zero-order chi connectivity index (χ0) is 18.6. The maximum Gasteiger partial charge on any atom is 0.167 e. The van der Waals surface area contributed by atoms with Gasteiger partial charge in [0.15, 0.2) is 11.5 Å². The molecule has 0 saturated heterocycles. The summed E-state index contributed by atoms with van der Waals surface area (Å²) in [5, 5.41) is 3.54. The molecule has 0 aliphatic rings. The summed E-state index contributed by atoms with van der Waals surface area (Å²) in [7, 11) is 1.68. The molecular formula is C22H30BrNO2. The van der Waals surface area contributed by atoms with Gasteiger partial charge in [0, 0.05) is 16.6 Å². The van der Waals surface area contributed by atoms with Gasteiger partial charge in [-0.25, -0.2) is 0 Å². The maximum atomic E-state index is 6.14. The van der Waals surface area contributed by atoms with E-state index in [0.717, 1.165) is 40.2 Å². The number of halogens is 1. The van der Waals surface area contributed by atoms with Gasteiger partial charge in [-0.3, -0.25) is 0 Å². The molecule has 0 aliphatic heterocycles. The Morgan fingerprint density at radius 3 is 2.46 bits per heavy atom. The smallest absolute Gasteiger partial charge is 0.167 e. The minimum absolute atomic E-state index is 0.525. The third-order valence-corrected chi connectivity index (χ3v) is 5.11. The third-order valence-electron chi connectivity index (χ3n) is 4.37. The van der Waals surface area contributed by atoms with E-state index in [1.54, 1.807) is 7.11 Å². The van der Waals surface area contributed by atoms with Crippen molar-refractivity contribution in [2.24, 2.45) is 0 Å². The normalized spacial score (nSPS) is 10.7. The molecule has 2 rings (SSSR count). The molecule has 0 bridgehead atoms. The molecule has 142 valence electrons. The van der Waals surface area contributed by atoms with Crippen molar-refractivity contribution in [1.82, 2.24) is 5.32 Å². The molecule has 0 fully saturated rings. The molecule has 0 heterocycles. The van der Waals surface area contributed by atoms with Crippen molar-refractivity contribution in [2.45, 2.75) is 52.2 Å². The highest BCUT2D eigenvalue weighted by atomic mass is 79.9. The van der Waals surface area contributed by atoms with Crippen molar-refractivity contribution in [3.63, 3.8) is 0 Å². The van der Waals surface area contributed by atoms with Crippen LogP contribution in [-0.2, 0) is 13.2 Å². The summed E-state index contributed by atoms with van der Waals surface area (Å²) in [6.45, 7) is 4.55. The van der Waals surface area contributed by atoms with Crippen LogP contribution in [0.2, 0.25) is 0 Å². The predicted molar refractivity (Wildman–Crippen MR) is 112 cm³/mol. The first-order chi connectivity index (χ1) is 12.8. The molecule has 0 aliphatic carbocycles. The van der Waals surface area contributed by atoms with E-state index >= 15 is 0 Å². The lowest BCUT2D eigenvalue weighted by Gasteiger charge is -2.17. The fourth-order valence-corrected chi connectivity index (χ4v) is 3.32. The van der Waals surface area contributed by atoms with Gasteiger partial charge in [0.05, 0.1) is 7.11 Å². The number of rotatable bonds is 12. The fourth-order valence-electron chi connectivity index (χ4n) is 2.86.